The Labute approximate surface area is 170 Å². The number of aliphatic hydroxyl groups is 1. The van der Waals surface area contributed by atoms with E-state index in [4.69, 9.17) is 9.47 Å². The highest BCUT2D eigenvalue weighted by Crippen LogP contribution is 2.32. The zero-order valence-corrected chi connectivity index (χ0v) is 15.9. The Bertz CT molecular complexity index is 978. The highest BCUT2D eigenvalue weighted by atomic mass is 16.7. The number of amides is 1. The number of carbonyl (C=O) groups excluding carboxylic acids is 2. The third-order valence-corrected chi connectivity index (χ3v) is 4.35. The minimum atomic E-state index is -1.14. The Morgan fingerprint density at radius 2 is 2.00 bits per heavy atom. The number of carbonyl (C=O) groups is 2. The molecule has 158 valence electrons. The van der Waals surface area contributed by atoms with Crippen LogP contribution in [0, 0.1) is 10.1 Å². The van der Waals surface area contributed by atoms with Gasteiger partial charge in [-0.2, -0.15) is 0 Å². The number of esters is 1. The lowest BCUT2D eigenvalue weighted by Crippen LogP contribution is -2.35. The Morgan fingerprint density at radius 1 is 1.23 bits per heavy atom. The number of hydrogen-bond donors (Lipinski definition) is 3. The standard InChI is InChI=1S/C19H19N3O8/c1-28-19(25)15(9-23)21-14-4-3-12(22(26)27)7-13(14)18(24)20-8-11-2-5-16-17(6-11)30-10-29-16/h2-7,15,21,23H,8-10H2,1H3,(H,20,24)/t15-/m0/s1. The van der Waals surface area contributed by atoms with Gasteiger partial charge in [-0.3, -0.25) is 14.9 Å². The monoisotopic (exact) mass is 417 g/mol. The van der Waals surface area contributed by atoms with Crippen LogP contribution in [0.4, 0.5) is 11.4 Å². The molecule has 0 radical (unpaired) electrons. The van der Waals surface area contributed by atoms with Gasteiger partial charge in [-0.25, -0.2) is 4.79 Å². The number of ether oxygens (including phenoxy) is 3. The molecule has 1 atom stereocenters. The van der Waals surface area contributed by atoms with Gasteiger partial charge >= 0.3 is 5.97 Å². The first kappa shape index (κ1) is 20.9. The lowest BCUT2D eigenvalue weighted by atomic mass is 10.1. The summed E-state index contributed by atoms with van der Waals surface area (Å²) >= 11 is 0. The van der Waals surface area contributed by atoms with Crippen molar-refractivity contribution in [1.29, 1.82) is 0 Å². The molecule has 30 heavy (non-hydrogen) atoms. The summed E-state index contributed by atoms with van der Waals surface area (Å²) in [6.45, 7) is -0.347. The molecule has 11 nitrogen and oxygen atoms in total. The first-order chi connectivity index (χ1) is 14.4. The predicted octanol–water partition coefficient (Wildman–Crippen LogP) is 1.20. The fourth-order valence-electron chi connectivity index (χ4n) is 2.80. The second-order valence-corrected chi connectivity index (χ2v) is 6.26. The highest BCUT2D eigenvalue weighted by Gasteiger charge is 2.23. The minimum absolute atomic E-state index is 0.0627. The van der Waals surface area contributed by atoms with Crippen LogP contribution in [0.5, 0.6) is 11.5 Å². The normalized spacial score (nSPS) is 12.7. The quantitative estimate of drug-likeness (QED) is 0.327. The molecule has 1 aliphatic heterocycles. The first-order valence-electron chi connectivity index (χ1n) is 8.83. The summed E-state index contributed by atoms with van der Waals surface area (Å²) in [7, 11) is 1.15. The first-order valence-corrected chi connectivity index (χ1v) is 8.83. The van der Waals surface area contributed by atoms with Crippen LogP contribution in [0.3, 0.4) is 0 Å². The van der Waals surface area contributed by atoms with Gasteiger partial charge in [-0.05, 0) is 23.8 Å². The summed E-state index contributed by atoms with van der Waals surface area (Å²) < 4.78 is 15.1. The molecule has 2 aromatic rings. The number of nitro benzene ring substituents is 1. The predicted molar refractivity (Wildman–Crippen MR) is 103 cm³/mol. The molecule has 2 aromatic carbocycles. The van der Waals surface area contributed by atoms with Gasteiger partial charge in [0, 0.05) is 24.4 Å². The molecule has 0 aliphatic carbocycles. The van der Waals surface area contributed by atoms with Crippen molar-refractivity contribution in [1.82, 2.24) is 5.32 Å². The van der Waals surface area contributed by atoms with Crippen LogP contribution >= 0.6 is 0 Å². The molecule has 1 amide bonds. The van der Waals surface area contributed by atoms with Crippen molar-refractivity contribution in [3.05, 3.63) is 57.6 Å². The Morgan fingerprint density at radius 3 is 2.70 bits per heavy atom. The summed E-state index contributed by atoms with van der Waals surface area (Å²) in [5, 5.41) is 25.9. The number of nitrogens with zero attached hydrogens (tertiary/aromatic N) is 1. The van der Waals surface area contributed by atoms with Gasteiger partial charge in [0.05, 0.1) is 24.2 Å². The van der Waals surface area contributed by atoms with E-state index in [-0.39, 0.29) is 30.3 Å². The zero-order chi connectivity index (χ0) is 21.7. The number of benzene rings is 2. The van der Waals surface area contributed by atoms with Crippen LogP contribution in [-0.4, -0.2) is 48.5 Å². The molecule has 0 fully saturated rings. The minimum Gasteiger partial charge on any atom is -0.467 e. The zero-order valence-electron chi connectivity index (χ0n) is 15.9. The molecule has 11 heteroatoms. The van der Waals surface area contributed by atoms with Crippen molar-refractivity contribution >= 4 is 23.3 Å². The third kappa shape index (κ3) is 4.58. The molecular formula is C19H19N3O8. The molecule has 0 aromatic heterocycles. The van der Waals surface area contributed by atoms with Crippen LogP contribution in [-0.2, 0) is 16.1 Å². The largest absolute Gasteiger partial charge is 0.467 e. The second-order valence-electron chi connectivity index (χ2n) is 6.26. The summed E-state index contributed by atoms with van der Waals surface area (Å²) in [6.07, 6.45) is 0. The van der Waals surface area contributed by atoms with Crippen LogP contribution in [0.1, 0.15) is 15.9 Å². The third-order valence-electron chi connectivity index (χ3n) is 4.35. The summed E-state index contributed by atoms with van der Waals surface area (Å²) in [5.74, 6) is -0.195. The smallest absolute Gasteiger partial charge is 0.330 e. The highest BCUT2D eigenvalue weighted by molar-refractivity contribution is 6.00. The van der Waals surface area contributed by atoms with Gasteiger partial charge < -0.3 is 30.0 Å². The van der Waals surface area contributed by atoms with Crippen LogP contribution < -0.4 is 20.1 Å². The Hall–Kier alpha value is -3.86. The summed E-state index contributed by atoms with van der Waals surface area (Å²) in [6, 6.07) is 7.60. The molecular weight excluding hydrogens is 398 g/mol. The number of aliphatic hydroxyl groups excluding tert-OH is 1. The van der Waals surface area contributed by atoms with Crippen molar-refractivity contribution in [2.75, 3.05) is 25.8 Å². The SMILES string of the molecule is COC(=O)[C@H](CO)Nc1ccc([N+](=O)[O-])cc1C(=O)NCc1ccc2c(c1)OCO2. The van der Waals surface area contributed by atoms with Gasteiger partial charge in [0.2, 0.25) is 6.79 Å². The van der Waals surface area contributed by atoms with Crippen molar-refractivity contribution in [3.63, 3.8) is 0 Å². The maximum Gasteiger partial charge on any atom is 0.330 e. The molecule has 0 saturated heterocycles. The number of hydrogen-bond acceptors (Lipinski definition) is 9. The van der Waals surface area contributed by atoms with E-state index >= 15 is 0 Å². The Kier molecular flexibility index (Phi) is 6.32. The van der Waals surface area contributed by atoms with E-state index in [2.05, 4.69) is 15.4 Å². The Balaban J connectivity index is 1.80. The lowest BCUT2D eigenvalue weighted by Gasteiger charge is -2.18. The second kappa shape index (κ2) is 9.09. The van der Waals surface area contributed by atoms with E-state index in [0.717, 1.165) is 18.7 Å². The lowest BCUT2D eigenvalue weighted by molar-refractivity contribution is -0.384. The number of nitrogens with one attached hydrogen (secondary N) is 2. The van der Waals surface area contributed by atoms with Crippen molar-refractivity contribution in [2.45, 2.75) is 12.6 Å². The van der Waals surface area contributed by atoms with Crippen LogP contribution in [0.2, 0.25) is 0 Å². The number of rotatable bonds is 8. The molecule has 3 N–H and O–H groups in total. The number of non-ortho nitro benzene ring substituents is 1. The summed E-state index contributed by atoms with van der Waals surface area (Å²) in [5.41, 5.74) is 0.503. The van der Waals surface area contributed by atoms with E-state index in [1.807, 2.05) is 0 Å². The molecule has 0 unspecified atom stereocenters. The van der Waals surface area contributed by atoms with E-state index in [0.29, 0.717) is 11.5 Å². The van der Waals surface area contributed by atoms with E-state index < -0.39 is 29.4 Å². The summed E-state index contributed by atoms with van der Waals surface area (Å²) in [4.78, 5) is 35.0. The number of nitro groups is 1. The maximum atomic E-state index is 12.7. The average Bonchev–Trinajstić information content (AvgIpc) is 3.23. The van der Waals surface area contributed by atoms with E-state index in [9.17, 15) is 24.8 Å². The van der Waals surface area contributed by atoms with E-state index in [1.165, 1.54) is 12.1 Å². The van der Waals surface area contributed by atoms with Gasteiger partial charge in [0.15, 0.2) is 11.5 Å². The van der Waals surface area contributed by atoms with Crippen LogP contribution in [0.15, 0.2) is 36.4 Å². The molecule has 1 aliphatic rings. The average molecular weight is 417 g/mol. The van der Waals surface area contributed by atoms with E-state index in [1.54, 1.807) is 18.2 Å². The number of anilines is 1. The fourth-order valence-corrected chi connectivity index (χ4v) is 2.80. The topological polar surface area (TPSA) is 149 Å². The molecule has 0 spiro atoms. The maximum absolute atomic E-state index is 12.7. The molecule has 0 bridgehead atoms. The molecule has 0 saturated carbocycles. The number of fused-ring (bicyclic) bond motifs is 1. The van der Waals surface area contributed by atoms with Crippen molar-refractivity contribution in [3.8, 4) is 11.5 Å². The van der Waals surface area contributed by atoms with Gasteiger partial charge in [0.1, 0.15) is 6.04 Å². The molecule has 3 rings (SSSR count). The van der Waals surface area contributed by atoms with Crippen molar-refractivity contribution < 1.29 is 33.8 Å². The number of methoxy groups -OCH3 is 1. The van der Waals surface area contributed by atoms with Gasteiger partial charge in [-0.15, -0.1) is 0 Å². The van der Waals surface area contributed by atoms with Gasteiger partial charge in [0.25, 0.3) is 11.6 Å². The van der Waals surface area contributed by atoms with Crippen LogP contribution in [0.25, 0.3) is 0 Å². The van der Waals surface area contributed by atoms with Crippen molar-refractivity contribution in [2.24, 2.45) is 0 Å². The fraction of sp³-hybridized carbons (Fsp3) is 0.263. The molecule has 1 heterocycles. The van der Waals surface area contributed by atoms with Gasteiger partial charge in [-0.1, -0.05) is 6.07 Å².